The molecule has 0 unspecified atom stereocenters. The summed E-state index contributed by atoms with van der Waals surface area (Å²) < 4.78 is 27.3. The SMILES string of the molecule is CCCCN(C(=O)C1CCN(S(=O)(=O)c2ccc(C)cc2)CC1)c1ccccc1. The van der Waals surface area contributed by atoms with Crippen LogP contribution >= 0.6 is 0 Å². The zero-order chi connectivity index (χ0) is 20.9. The van der Waals surface area contributed by atoms with Gasteiger partial charge in [-0.1, -0.05) is 49.2 Å². The number of amides is 1. The summed E-state index contributed by atoms with van der Waals surface area (Å²) >= 11 is 0. The fourth-order valence-electron chi connectivity index (χ4n) is 3.71. The standard InChI is InChI=1S/C23H30N2O3S/c1-3-4-16-25(21-8-6-5-7-9-21)23(26)20-14-17-24(18-15-20)29(27,28)22-12-10-19(2)11-13-22/h5-13,20H,3-4,14-18H2,1-2H3. The summed E-state index contributed by atoms with van der Waals surface area (Å²) in [6.45, 7) is 5.50. The number of unbranched alkanes of at least 4 members (excludes halogenated alkanes) is 1. The molecule has 29 heavy (non-hydrogen) atoms. The molecule has 0 aliphatic carbocycles. The minimum absolute atomic E-state index is 0.108. The van der Waals surface area contributed by atoms with Crippen LogP contribution in [0.5, 0.6) is 0 Å². The number of nitrogens with zero attached hydrogens (tertiary/aromatic N) is 2. The van der Waals surface area contributed by atoms with E-state index in [0.717, 1.165) is 24.1 Å². The third-order valence-electron chi connectivity index (χ3n) is 5.53. The fraction of sp³-hybridized carbons (Fsp3) is 0.435. The Morgan fingerprint density at radius 2 is 1.66 bits per heavy atom. The van der Waals surface area contributed by atoms with Crippen LogP contribution in [0.25, 0.3) is 0 Å². The van der Waals surface area contributed by atoms with Crippen LogP contribution in [0.15, 0.2) is 59.5 Å². The van der Waals surface area contributed by atoms with E-state index in [2.05, 4.69) is 6.92 Å². The van der Waals surface area contributed by atoms with Gasteiger partial charge in [-0.3, -0.25) is 4.79 Å². The van der Waals surface area contributed by atoms with Crippen molar-refractivity contribution in [3.8, 4) is 0 Å². The molecule has 5 nitrogen and oxygen atoms in total. The minimum Gasteiger partial charge on any atom is -0.312 e. The zero-order valence-corrected chi connectivity index (χ0v) is 18.1. The first-order chi connectivity index (χ1) is 13.9. The zero-order valence-electron chi connectivity index (χ0n) is 17.3. The van der Waals surface area contributed by atoms with Gasteiger partial charge in [-0.15, -0.1) is 0 Å². The summed E-state index contributed by atoms with van der Waals surface area (Å²) in [6, 6.07) is 16.7. The molecule has 0 bridgehead atoms. The van der Waals surface area contributed by atoms with Crippen LogP contribution in [-0.4, -0.2) is 38.3 Å². The summed E-state index contributed by atoms with van der Waals surface area (Å²) in [7, 11) is -3.51. The van der Waals surface area contributed by atoms with Crippen molar-refractivity contribution >= 4 is 21.6 Å². The minimum atomic E-state index is -3.51. The second kappa shape index (κ2) is 9.55. The molecular weight excluding hydrogens is 384 g/mol. The van der Waals surface area contributed by atoms with Gasteiger partial charge in [-0.2, -0.15) is 4.31 Å². The van der Waals surface area contributed by atoms with Crippen LogP contribution in [-0.2, 0) is 14.8 Å². The van der Waals surface area contributed by atoms with E-state index in [1.54, 1.807) is 12.1 Å². The molecule has 0 radical (unpaired) electrons. The molecular formula is C23H30N2O3S. The lowest BCUT2D eigenvalue weighted by atomic mass is 9.96. The van der Waals surface area contributed by atoms with Crippen molar-refractivity contribution in [2.24, 2.45) is 5.92 Å². The molecule has 2 aromatic rings. The molecule has 1 heterocycles. The number of benzene rings is 2. The van der Waals surface area contributed by atoms with Crippen molar-refractivity contribution in [2.45, 2.75) is 44.4 Å². The van der Waals surface area contributed by atoms with Crippen LogP contribution in [0.4, 0.5) is 5.69 Å². The Labute approximate surface area is 174 Å². The highest BCUT2D eigenvalue weighted by Crippen LogP contribution is 2.27. The van der Waals surface area contributed by atoms with Gasteiger partial charge in [-0.25, -0.2) is 8.42 Å². The average Bonchev–Trinajstić information content (AvgIpc) is 2.75. The van der Waals surface area contributed by atoms with E-state index in [4.69, 9.17) is 0 Å². The smallest absolute Gasteiger partial charge is 0.243 e. The molecule has 0 atom stereocenters. The Bertz CT molecular complexity index is 903. The van der Waals surface area contributed by atoms with Crippen molar-refractivity contribution in [1.29, 1.82) is 0 Å². The molecule has 1 aliphatic heterocycles. The van der Waals surface area contributed by atoms with Crippen LogP contribution in [0.1, 0.15) is 38.2 Å². The monoisotopic (exact) mass is 414 g/mol. The molecule has 1 amide bonds. The lowest BCUT2D eigenvalue weighted by Crippen LogP contribution is -2.44. The van der Waals surface area contributed by atoms with Crippen molar-refractivity contribution in [3.63, 3.8) is 0 Å². The van der Waals surface area contributed by atoms with Crippen LogP contribution in [0.2, 0.25) is 0 Å². The molecule has 0 N–H and O–H groups in total. The largest absolute Gasteiger partial charge is 0.312 e. The second-order valence-electron chi connectivity index (χ2n) is 7.67. The fourth-order valence-corrected chi connectivity index (χ4v) is 5.18. The summed E-state index contributed by atoms with van der Waals surface area (Å²) in [5.74, 6) is -0.0337. The summed E-state index contributed by atoms with van der Waals surface area (Å²) in [4.78, 5) is 15.4. The van der Waals surface area contributed by atoms with E-state index in [-0.39, 0.29) is 11.8 Å². The van der Waals surface area contributed by atoms with Gasteiger partial charge in [0.05, 0.1) is 4.90 Å². The van der Waals surface area contributed by atoms with E-state index in [0.29, 0.717) is 37.4 Å². The van der Waals surface area contributed by atoms with Crippen LogP contribution < -0.4 is 4.90 Å². The third kappa shape index (κ3) is 5.06. The number of carbonyl (C=O) groups excluding carboxylic acids is 1. The van der Waals surface area contributed by atoms with Crippen LogP contribution in [0.3, 0.4) is 0 Å². The molecule has 2 aromatic carbocycles. The number of aryl methyl sites for hydroxylation is 1. The molecule has 3 rings (SSSR count). The average molecular weight is 415 g/mol. The number of carbonyl (C=O) groups is 1. The quantitative estimate of drug-likeness (QED) is 0.681. The van der Waals surface area contributed by atoms with Crippen molar-refractivity contribution in [1.82, 2.24) is 4.31 Å². The molecule has 0 saturated carbocycles. The number of piperidine rings is 1. The molecule has 0 spiro atoms. The van der Waals surface area contributed by atoms with Gasteiger partial charge in [0.1, 0.15) is 0 Å². The first kappa shape index (κ1) is 21.5. The second-order valence-corrected chi connectivity index (χ2v) is 9.61. The molecule has 1 fully saturated rings. The Hall–Kier alpha value is -2.18. The first-order valence-electron chi connectivity index (χ1n) is 10.4. The highest BCUT2D eigenvalue weighted by molar-refractivity contribution is 7.89. The Morgan fingerprint density at radius 1 is 1.03 bits per heavy atom. The highest BCUT2D eigenvalue weighted by atomic mass is 32.2. The number of rotatable bonds is 7. The van der Waals surface area contributed by atoms with Gasteiger partial charge >= 0.3 is 0 Å². The maximum Gasteiger partial charge on any atom is 0.243 e. The highest BCUT2D eigenvalue weighted by Gasteiger charge is 2.34. The normalized spacial score (nSPS) is 15.9. The van der Waals surface area contributed by atoms with Gasteiger partial charge in [0.25, 0.3) is 0 Å². The number of para-hydroxylation sites is 1. The lowest BCUT2D eigenvalue weighted by molar-refractivity contribution is -0.123. The number of anilines is 1. The Balaban J connectivity index is 1.68. The topological polar surface area (TPSA) is 57.7 Å². The van der Waals surface area contributed by atoms with E-state index in [1.807, 2.05) is 54.3 Å². The van der Waals surface area contributed by atoms with E-state index < -0.39 is 10.0 Å². The summed E-state index contributed by atoms with van der Waals surface area (Å²) in [6.07, 6.45) is 3.07. The molecule has 1 saturated heterocycles. The third-order valence-corrected chi connectivity index (χ3v) is 7.44. The molecule has 0 aromatic heterocycles. The summed E-state index contributed by atoms with van der Waals surface area (Å²) in [5, 5.41) is 0. The van der Waals surface area contributed by atoms with Gasteiger partial charge in [0.15, 0.2) is 0 Å². The molecule has 1 aliphatic rings. The van der Waals surface area contributed by atoms with Crippen LogP contribution in [0, 0.1) is 12.8 Å². The molecule has 6 heteroatoms. The number of sulfonamides is 1. The Kier molecular flexibility index (Phi) is 7.09. The maximum absolute atomic E-state index is 13.2. The van der Waals surface area contributed by atoms with Gasteiger partial charge < -0.3 is 4.90 Å². The maximum atomic E-state index is 13.2. The first-order valence-corrected chi connectivity index (χ1v) is 11.8. The van der Waals surface area contributed by atoms with E-state index in [1.165, 1.54) is 4.31 Å². The summed E-state index contributed by atoms with van der Waals surface area (Å²) in [5.41, 5.74) is 1.95. The Morgan fingerprint density at radius 3 is 2.24 bits per heavy atom. The van der Waals surface area contributed by atoms with E-state index >= 15 is 0 Å². The predicted molar refractivity (Wildman–Crippen MR) is 116 cm³/mol. The number of hydrogen-bond acceptors (Lipinski definition) is 3. The van der Waals surface area contributed by atoms with Gasteiger partial charge in [-0.05, 0) is 50.5 Å². The van der Waals surface area contributed by atoms with Crippen molar-refractivity contribution in [2.75, 3.05) is 24.5 Å². The van der Waals surface area contributed by atoms with Crippen molar-refractivity contribution < 1.29 is 13.2 Å². The van der Waals surface area contributed by atoms with E-state index in [9.17, 15) is 13.2 Å². The van der Waals surface area contributed by atoms with Gasteiger partial charge in [0, 0.05) is 31.2 Å². The lowest BCUT2D eigenvalue weighted by Gasteiger charge is -2.33. The van der Waals surface area contributed by atoms with Gasteiger partial charge in [0.2, 0.25) is 15.9 Å². The number of hydrogen-bond donors (Lipinski definition) is 0. The predicted octanol–water partition coefficient (Wildman–Crippen LogP) is 4.23. The molecule has 156 valence electrons. The van der Waals surface area contributed by atoms with Crippen molar-refractivity contribution in [3.05, 3.63) is 60.2 Å².